The highest BCUT2D eigenvalue weighted by atomic mass is 19.1. The Kier molecular flexibility index (Phi) is 4.34. The smallest absolute Gasteiger partial charge is 0.161 e. The molecule has 0 unspecified atom stereocenters. The Balaban J connectivity index is 2.07. The second-order valence-electron chi connectivity index (χ2n) is 5.54. The van der Waals surface area contributed by atoms with Crippen LogP contribution in [0, 0.1) is 12.7 Å². The number of aryl methyl sites for hydroxylation is 1. The molecule has 2 heterocycles. The standard InChI is InChI=1S/C17H21FN4/c1-3-15-12(2)20-16(13-5-4-6-14(18)11-13)21-17(15)22-9-7-19-8-10-22/h4-6,11,19H,3,7-10H2,1-2H3. The van der Waals surface area contributed by atoms with E-state index in [1.165, 1.54) is 17.7 Å². The molecule has 1 aliphatic rings. The van der Waals surface area contributed by atoms with Gasteiger partial charge < -0.3 is 10.2 Å². The topological polar surface area (TPSA) is 41.1 Å². The van der Waals surface area contributed by atoms with E-state index in [0.29, 0.717) is 5.82 Å². The second kappa shape index (κ2) is 6.40. The van der Waals surface area contributed by atoms with E-state index in [4.69, 9.17) is 4.98 Å². The number of halogens is 1. The summed E-state index contributed by atoms with van der Waals surface area (Å²) in [6.07, 6.45) is 0.897. The predicted octanol–water partition coefficient (Wildman–Crippen LogP) is 2.56. The highest BCUT2D eigenvalue weighted by Gasteiger charge is 2.19. The molecule has 1 aliphatic heterocycles. The Bertz CT molecular complexity index is 666. The van der Waals surface area contributed by atoms with Crippen molar-refractivity contribution in [2.75, 3.05) is 31.1 Å². The lowest BCUT2D eigenvalue weighted by atomic mass is 10.1. The molecule has 1 aromatic carbocycles. The number of piperazine rings is 1. The van der Waals surface area contributed by atoms with Crippen LogP contribution in [0.5, 0.6) is 0 Å². The van der Waals surface area contributed by atoms with Crippen molar-refractivity contribution in [2.24, 2.45) is 0 Å². The van der Waals surface area contributed by atoms with Crippen molar-refractivity contribution < 1.29 is 4.39 Å². The molecule has 3 rings (SSSR count). The van der Waals surface area contributed by atoms with Crippen molar-refractivity contribution in [3.63, 3.8) is 0 Å². The van der Waals surface area contributed by atoms with Crippen molar-refractivity contribution in [3.8, 4) is 11.4 Å². The minimum atomic E-state index is -0.262. The van der Waals surface area contributed by atoms with Crippen LogP contribution in [0.3, 0.4) is 0 Å². The highest BCUT2D eigenvalue weighted by Crippen LogP contribution is 2.26. The van der Waals surface area contributed by atoms with Crippen molar-refractivity contribution in [1.29, 1.82) is 0 Å². The zero-order valence-corrected chi connectivity index (χ0v) is 13.1. The lowest BCUT2D eigenvalue weighted by Crippen LogP contribution is -2.44. The molecule has 1 fully saturated rings. The van der Waals surface area contributed by atoms with Gasteiger partial charge in [0.25, 0.3) is 0 Å². The minimum Gasteiger partial charge on any atom is -0.354 e. The van der Waals surface area contributed by atoms with Crippen LogP contribution in [0.4, 0.5) is 10.2 Å². The maximum atomic E-state index is 13.5. The molecule has 0 spiro atoms. The summed E-state index contributed by atoms with van der Waals surface area (Å²) >= 11 is 0. The fourth-order valence-electron chi connectivity index (χ4n) is 2.89. The average Bonchev–Trinajstić information content (AvgIpc) is 2.55. The Morgan fingerprint density at radius 1 is 1.23 bits per heavy atom. The third kappa shape index (κ3) is 2.95. The number of nitrogens with zero attached hydrogens (tertiary/aromatic N) is 3. The van der Waals surface area contributed by atoms with Crippen LogP contribution < -0.4 is 10.2 Å². The Hall–Kier alpha value is -2.01. The van der Waals surface area contributed by atoms with Crippen molar-refractivity contribution in [3.05, 3.63) is 41.3 Å². The van der Waals surface area contributed by atoms with Gasteiger partial charge in [-0.1, -0.05) is 19.1 Å². The summed E-state index contributed by atoms with van der Waals surface area (Å²) in [7, 11) is 0. The first-order chi connectivity index (χ1) is 10.7. The maximum Gasteiger partial charge on any atom is 0.161 e. The van der Waals surface area contributed by atoms with E-state index in [0.717, 1.165) is 49.7 Å². The molecular weight excluding hydrogens is 279 g/mol. The third-order valence-corrected chi connectivity index (χ3v) is 4.04. The van der Waals surface area contributed by atoms with Crippen LogP contribution in [-0.2, 0) is 6.42 Å². The van der Waals surface area contributed by atoms with Gasteiger partial charge in [0.15, 0.2) is 5.82 Å². The predicted molar refractivity (Wildman–Crippen MR) is 86.6 cm³/mol. The summed E-state index contributed by atoms with van der Waals surface area (Å²) in [6.45, 7) is 7.93. The maximum absolute atomic E-state index is 13.5. The van der Waals surface area contributed by atoms with Gasteiger partial charge in [-0.25, -0.2) is 14.4 Å². The fourth-order valence-corrected chi connectivity index (χ4v) is 2.89. The van der Waals surface area contributed by atoms with E-state index in [2.05, 4.69) is 22.1 Å². The molecule has 116 valence electrons. The number of aromatic nitrogens is 2. The lowest BCUT2D eigenvalue weighted by molar-refractivity contribution is 0.582. The first kappa shape index (κ1) is 14.9. The molecule has 1 saturated heterocycles. The van der Waals surface area contributed by atoms with Gasteiger partial charge in [-0.15, -0.1) is 0 Å². The Labute approximate surface area is 130 Å². The molecule has 1 N–H and O–H groups in total. The zero-order chi connectivity index (χ0) is 15.5. The summed E-state index contributed by atoms with van der Waals surface area (Å²) in [5.74, 6) is 1.33. The first-order valence-corrected chi connectivity index (χ1v) is 7.78. The number of anilines is 1. The molecule has 0 aliphatic carbocycles. The van der Waals surface area contributed by atoms with Gasteiger partial charge in [0.05, 0.1) is 0 Å². The van der Waals surface area contributed by atoms with E-state index >= 15 is 0 Å². The fraction of sp³-hybridized carbons (Fsp3) is 0.412. The third-order valence-electron chi connectivity index (χ3n) is 4.04. The van der Waals surface area contributed by atoms with Crippen LogP contribution in [0.1, 0.15) is 18.2 Å². The zero-order valence-electron chi connectivity index (χ0n) is 13.1. The number of rotatable bonds is 3. The molecule has 2 aromatic rings. The van der Waals surface area contributed by atoms with E-state index in [1.807, 2.05) is 13.0 Å². The molecule has 5 heteroatoms. The second-order valence-corrected chi connectivity index (χ2v) is 5.54. The van der Waals surface area contributed by atoms with E-state index < -0.39 is 0 Å². The van der Waals surface area contributed by atoms with Crippen LogP contribution in [0.2, 0.25) is 0 Å². The quantitative estimate of drug-likeness (QED) is 0.946. The Morgan fingerprint density at radius 2 is 2.00 bits per heavy atom. The largest absolute Gasteiger partial charge is 0.354 e. The minimum absolute atomic E-state index is 0.262. The van der Waals surface area contributed by atoms with Crippen molar-refractivity contribution >= 4 is 5.82 Å². The number of hydrogen-bond donors (Lipinski definition) is 1. The van der Waals surface area contributed by atoms with Gasteiger partial charge in [0, 0.05) is 43.0 Å². The summed E-state index contributed by atoms with van der Waals surface area (Å²) in [5, 5.41) is 3.36. The van der Waals surface area contributed by atoms with Crippen LogP contribution >= 0.6 is 0 Å². The Morgan fingerprint density at radius 3 is 2.68 bits per heavy atom. The highest BCUT2D eigenvalue weighted by molar-refractivity contribution is 5.60. The molecule has 4 nitrogen and oxygen atoms in total. The van der Waals surface area contributed by atoms with Crippen LogP contribution in [0.15, 0.2) is 24.3 Å². The molecule has 22 heavy (non-hydrogen) atoms. The van der Waals surface area contributed by atoms with E-state index in [-0.39, 0.29) is 5.82 Å². The van der Waals surface area contributed by atoms with Gasteiger partial charge in [-0.05, 0) is 25.5 Å². The SMILES string of the molecule is CCc1c(C)nc(-c2cccc(F)c2)nc1N1CCNCC1. The van der Waals surface area contributed by atoms with Gasteiger partial charge in [0.2, 0.25) is 0 Å². The molecule has 0 bridgehead atoms. The summed E-state index contributed by atoms with van der Waals surface area (Å²) in [6, 6.07) is 6.47. The molecule has 0 radical (unpaired) electrons. The number of nitrogens with one attached hydrogen (secondary N) is 1. The molecule has 0 atom stereocenters. The van der Waals surface area contributed by atoms with E-state index in [9.17, 15) is 4.39 Å². The summed E-state index contributed by atoms with van der Waals surface area (Å²) in [5.41, 5.74) is 2.88. The number of hydrogen-bond acceptors (Lipinski definition) is 4. The molecule has 0 saturated carbocycles. The lowest BCUT2D eigenvalue weighted by Gasteiger charge is -2.30. The van der Waals surface area contributed by atoms with Crippen LogP contribution in [0.25, 0.3) is 11.4 Å². The number of benzene rings is 1. The molecule has 0 amide bonds. The van der Waals surface area contributed by atoms with Gasteiger partial charge >= 0.3 is 0 Å². The van der Waals surface area contributed by atoms with Crippen molar-refractivity contribution in [1.82, 2.24) is 15.3 Å². The molecular formula is C17H21FN4. The first-order valence-electron chi connectivity index (χ1n) is 7.78. The summed E-state index contributed by atoms with van der Waals surface area (Å²) in [4.78, 5) is 11.6. The monoisotopic (exact) mass is 300 g/mol. The molecule has 1 aromatic heterocycles. The van der Waals surface area contributed by atoms with Gasteiger partial charge in [-0.3, -0.25) is 0 Å². The van der Waals surface area contributed by atoms with Gasteiger partial charge in [-0.2, -0.15) is 0 Å². The van der Waals surface area contributed by atoms with E-state index in [1.54, 1.807) is 6.07 Å². The van der Waals surface area contributed by atoms with Crippen LogP contribution in [-0.4, -0.2) is 36.1 Å². The normalized spacial score (nSPS) is 15.1. The summed E-state index contributed by atoms with van der Waals surface area (Å²) < 4.78 is 13.5. The van der Waals surface area contributed by atoms with Gasteiger partial charge in [0.1, 0.15) is 11.6 Å². The average molecular weight is 300 g/mol. The van der Waals surface area contributed by atoms with Crippen molar-refractivity contribution in [2.45, 2.75) is 20.3 Å².